The van der Waals surface area contributed by atoms with Gasteiger partial charge in [-0.05, 0) is 36.2 Å². The third-order valence-electron chi connectivity index (χ3n) is 1.28. The highest BCUT2D eigenvalue weighted by Gasteiger charge is 1.95. The first-order valence-electron chi connectivity index (χ1n) is 3.84. The summed E-state index contributed by atoms with van der Waals surface area (Å²) < 4.78 is 0. The molecule has 0 aliphatic carbocycles. The first-order valence-corrected chi connectivity index (χ1v) is 6.70. The van der Waals surface area contributed by atoms with Gasteiger partial charge in [0.2, 0.25) is 0 Å². The van der Waals surface area contributed by atoms with E-state index >= 15 is 0 Å². The topological polar surface area (TPSA) is 0 Å². The fraction of sp³-hybridized carbons (Fsp3) is 0.273. The molecule has 0 atom stereocenters. The minimum absolute atomic E-state index is 0.683. The van der Waals surface area contributed by atoms with Crippen LogP contribution < -0.4 is 0 Å². The minimum atomic E-state index is -0.683. The summed E-state index contributed by atoms with van der Waals surface area (Å²) in [6, 6.07) is 10.1. The molecule has 0 saturated carbocycles. The van der Waals surface area contributed by atoms with Gasteiger partial charge in [0.05, 0.1) is 0 Å². The van der Waals surface area contributed by atoms with Crippen molar-refractivity contribution in [3.05, 3.63) is 35.9 Å². The zero-order valence-electron chi connectivity index (χ0n) is 7.79. The third kappa shape index (κ3) is 3.50. The van der Waals surface area contributed by atoms with E-state index in [9.17, 15) is 0 Å². The SMILES string of the molecule is CS(C)(C)C#Cc1ccccc1. The van der Waals surface area contributed by atoms with Crippen LogP contribution >= 0.6 is 10.0 Å². The average molecular weight is 178 g/mol. The van der Waals surface area contributed by atoms with Crippen molar-refractivity contribution in [2.24, 2.45) is 0 Å². The highest BCUT2D eigenvalue weighted by molar-refractivity contribution is 8.35. The normalized spacial score (nSPS) is 11.6. The lowest BCUT2D eigenvalue weighted by Crippen LogP contribution is -1.85. The number of benzene rings is 1. The Kier molecular flexibility index (Phi) is 2.83. The molecule has 1 heteroatoms. The molecule has 1 aromatic carbocycles. The standard InChI is InChI=1S/C11H14S/c1-12(2,3)10-9-11-7-5-4-6-8-11/h4-8H,1-3H3. The van der Waals surface area contributed by atoms with Gasteiger partial charge in [-0.2, -0.15) is 10.0 Å². The molecule has 0 bridgehead atoms. The average Bonchev–Trinajstić information content (AvgIpc) is 2.02. The molecule has 0 saturated heterocycles. The summed E-state index contributed by atoms with van der Waals surface area (Å²) in [6.07, 6.45) is 6.59. The molecule has 0 aromatic heterocycles. The smallest absolute Gasteiger partial charge is 0.0253 e. The monoisotopic (exact) mass is 178 g/mol. The van der Waals surface area contributed by atoms with Crippen molar-refractivity contribution in [2.75, 3.05) is 18.8 Å². The Bertz CT molecular complexity index is 295. The van der Waals surface area contributed by atoms with E-state index in [0.717, 1.165) is 5.56 Å². The summed E-state index contributed by atoms with van der Waals surface area (Å²) in [5.41, 5.74) is 1.11. The van der Waals surface area contributed by atoms with Crippen molar-refractivity contribution in [1.29, 1.82) is 0 Å². The van der Waals surface area contributed by atoms with Gasteiger partial charge < -0.3 is 0 Å². The van der Waals surface area contributed by atoms with Crippen LogP contribution in [0.15, 0.2) is 30.3 Å². The van der Waals surface area contributed by atoms with E-state index in [0.29, 0.717) is 0 Å². The molecular weight excluding hydrogens is 164 g/mol. The Morgan fingerprint density at radius 3 is 2.08 bits per heavy atom. The highest BCUT2D eigenvalue weighted by atomic mass is 32.3. The van der Waals surface area contributed by atoms with Crippen molar-refractivity contribution >= 4 is 10.0 Å². The molecule has 0 aliphatic rings. The van der Waals surface area contributed by atoms with Gasteiger partial charge in [0.1, 0.15) is 0 Å². The van der Waals surface area contributed by atoms with Crippen molar-refractivity contribution in [2.45, 2.75) is 0 Å². The van der Waals surface area contributed by atoms with Crippen molar-refractivity contribution in [1.82, 2.24) is 0 Å². The van der Waals surface area contributed by atoms with Gasteiger partial charge in [-0.3, -0.25) is 0 Å². The third-order valence-corrected chi connectivity index (χ3v) is 1.99. The van der Waals surface area contributed by atoms with Crippen LogP contribution in [-0.2, 0) is 0 Å². The van der Waals surface area contributed by atoms with E-state index in [4.69, 9.17) is 0 Å². The lowest BCUT2D eigenvalue weighted by atomic mass is 10.2. The Labute approximate surface area is 76.3 Å². The van der Waals surface area contributed by atoms with Gasteiger partial charge in [0, 0.05) is 5.56 Å². The van der Waals surface area contributed by atoms with Crippen molar-refractivity contribution in [3.8, 4) is 11.2 Å². The quantitative estimate of drug-likeness (QED) is 0.536. The second kappa shape index (κ2) is 3.69. The molecule has 0 aliphatic heterocycles. The second-order valence-corrected chi connectivity index (χ2v) is 7.31. The Morgan fingerprint density at radius 2 is 1.58 bits per heavy atom. The number of hydrogen-bond acceptors (Lipinski definition) is 0. The molecule has 0 spiro atoms. The summed E-state index contributed by atoms with van der Waals surface area (Å²) in [5.74, 6) is 3.17. The maximum atomic E-state index is 3.27. The summed E-state index contributed by atoms with van der Waals surface area (Å²) in [6.45, 7) is 0. The molecule has 0 heterocycles. The minimum Gasteiger partial charge on any atom is -0.186 e. The van der Waals surface area contributed by atoms with Crippen LogP contribution in [0.25, 0.3) is 0 Å². The summed E-state index contributed by atoms with van der Waals surface area (Å²) in [5, 5.41) is 3.27. The first kappa shape index (κ1) is 9.22. The molecule has 1 rings (SSSR count). The van der Waals surface area contributed by atoms with E-state index in [1.54, 1.807) is 0 Å². The summed E-state index contributed by atoms with van der Waals surface area (Å²) in [7, 11) is -0.683. The van der Waals surface area contributed by atoms with Gasteiger partial charge in [0.25, 0.3) is 0 Å². The zero-order chi connectivity index (χ0) is 9.03. The maximum absolute atomic E-state index is 3.27. The lowest BCUT2D eigenvalue weighted by Gasteiger charge is -2.14. The molecule has 0 amide bonds. The van der Waals surface area contributed by atoms with Gasteiger partial charge in [0.15, 0.2) is 0 Å². The molecule has 64 valence electrons. The van der Waals surface area contributed by atoms with Gasteiger partial charge in [-0.1, -0.05) is 24.1 Å². The number of hydrogen-bond donors (Lipinski definition) is 0. The van der Waals surface area contributed by atoms with E-state index in [1.165, 1.54) is 0 Å². The molecule has 0 unspecified atom stereocenters. The fourth-order valence-corrected chi connectivity index (χ4v) is 1.16. The largest absolute Gasteiger partial charge is 0.186 e. The molecule has 0 nitrogen and oxygen atoms in total. The summed E-state index contributed by atoms with van der Waals surface area (Å²) in [4.78, 5) is 0. The van der Waals surface area contributed by atoms with Crippen molar-refractivity contribution in [3.63, 3.8) is 0 Å². The van der Waals surface area contributed by atoms with E-state index in [-0.39, 0.29) is 0 Å². The molecule has 0 radical (unpaired) electrons. The molecular formula is C11H14S. The van der Waals surface area contributed by atoms with Crippen LogP contribution in [-0.4, -0.2) is 18.8 Å². The first-order chi connectivity index (χ1) is 5.58. The predicted octanol–water partition coefficient (Wildman–Crippen LogP) is 2.69. The van der Waals surface area contributed by atoms with Gasteiger partial charge >= 0.3 is 0 Å². The number of rotatable bonds is 0. The molecule has 1 aromatic rings. The van der Waals surface area contributed by atoms with E-state index in [1.807, 2.05) is 30.3 Å². The zero-order valence-corrected chi connectivity index (χ0v) is 8.61. The Morgan fingerprint density at radius 1 is 1.00 bits per heavy atom. The molecule has 12 heavy (non-hydrogen) atoms. The van der Waals surface area contributed by atoms with Gasteiger partial charge in [-0.15, -0.1) is 0 Å². The second-order valence-electron chi connectivity index (χ2n) is 3.43. The van der Waals surface area contributed by atoms with Crippen LogP contribution in [0, 0.1) is 11.2 Å². The Hall–Kier alpha value is -0.870. The molecule has 0 fully saturated rings. The highest BCUT2D eigenvalue weighted by Crippen LogP contribution is 2.32. The van der Waals surface area contributed by atoms with Crippen LogP contribution in [0.5, 0.6) is 0 Å². The van der Waals surface area contributed by atoms with Crippen LogP contribution in [0.4, 0.5) is 0 Å². The maximum Gasteiger partial charge on any atom is 0.0253 e. The predicted molar refractivity (Wildman–Crippen MR) is 58.7 cm³/mol. The van der Waals surface area contributed by atoms with Crippen molar-refractivity contribution < 1.29 is 0 Å². The van der Waals surface area contributed by atoms with Gasteiger partial charge in [-0.25, -0.2) is 0 Å². The summed E-state index contributed by atoms with van der Waals surface area (Å²) >= 11 is 0. The molecule has 0 N–H and O–H groups in total. The van der Waals surface area contributed by atoms with Crippen LogP contribution in [0.2, 0.25) is 0 Å². The van der Waals surface area contributed by atoms with E-state index < -0.39 is 10.0 Å². The lowest BCUT2D eigenvalue weighted by molar-refractivity contribution is 1.65. The van der Waals surface area contributed by atoms with Crippen LogP contribution in [0.1, 0.15) is 5.56 Å². The fourth-order valence-electron chi connectivity index (χ4n) is 0.734. The van der Waals surface area contributed by atoms with Crippen LogP contribution in [0.3, 0.4) is 0 Å². The van der Waals surface area contributed by atoms with E-state index in [2.05, 4.69) is 29.9 Å². The Balaban J connectivity index is 2.81.